The van der Waals surface area contributed by atoms with E-state index in [9.17, 15) is 38.7 Å². The fraction of sp³-hybridized carbons (Fsp3) is 0.520. The highest BCUT2D eigenvalue weighted by Crippen LogP contribution is 2.49. The smallest absolute Gasteiger partial charge is 0.407 e. The van der Waals surface area contributed by atoms with Crippen molar-refractivity contribution in [1.29, 1.82) is 0 Å². The van der Waals surface area contributed by atoms with Crippen molar-refractivity contribution in [1.82, 2.24) is 58.5 Å². The second kappa shape index (κ2) is 47.8. The zero-order valence-electron chi connectivity index (χ0n) is 80.1. The zero-order valence-corrected chi connectivity index (χ0v) is 80.9. The van der Waals surface area contributed by atoms with Gasteiger partial charge in [-0.3, -0.25) is 47.9 Å². The van der Waals surface area contributed by atoms with E-state index < -0.39 is 214 Å². The Morgan fingerprint density at radius 3 is 1.18 bits per heavy atom. The Morgan fingerprint density at radius 1 is 0.374 bits per heavy atom. The van der Waals surface area contributed by atoms with Crippen LogP contribution in [0.1, 0.15) is 205 Å². The lowest BCUT2D eigenvalue weighted by Gasteiger charge is -2.37. The average Bonchev–Trinajstić information content (AvgIpc) is 1.43. The number of carbonyl (C=O) groups excluding carboxylic acids is 11. The van der Waals surface area contributed by atoms with Crippen LogP contribution in [0.15, 0.2) is 170 Å². The van der Waals surface area contributed by atoms with Gasteiger partial charge in [-0.25, -0.2) is 9.59 Å². The normalized spacial score (nSPS) is 15.7. The number of nitrogens with one attached hydrogen (secondary N) is 11. The van der Waals surface area contributed by atoms with Crippen LogP contribution in [0.4, 0.5) is 4.79 Å². The molecule has 6 aromatic rings. The minimum atomic E-state index is -1.63. The zero-order chi connectivity index (χ0) is 97.3. The quantitative estimate of drug-likeness (QED) is 0.0158. The van der Waals surface area contributed by atoms with Crippen LogP contribution in [0.2, 0.25) is 0 Å². The van der Waals surface area contributed by atoms with E-state index in [4.69, 9.17) is 28.4 Å². The van der Waals surface area contributed by atoms with Gasteiger partial charge in [-0.15, -0.1) is 11.8 Å². The average molecular weight is 1830 g/mol. The first-order chi connectivity index (χ1) is 61.3. The van der Waals surface area contributed by atoms with Gasteiger partial charge >= 0.3 is 12.1 Å². The van der Waals surface area contributed by atoms with Crippen molar-refractivity contribution in [2.24, 2.45) is 11.8 Å². The summed E-state index contributed by atoms with van der Waals surface area (Å²) in [6.45, 7) is 37.2. The minimum absolute atomic E-state index is 0.0581. The third-order valence-electron chi connectivity index (χ3n) is 21.5. The SMILES string of the molecule is CC[C@H](C)[C@H](NC(=O)CNC(=O)[C@H](COC(C)(C)C)NC(=O)[C@@H](NC(=O)[C@H](Cc1ccccc1)NC(=O)[C@@H](NC(=O)[C@@H](NC(=O)OCC1c2ccccc2-c2ccccc21)[C@@H](C)OC(C)(C)C)C(C)C)[C@@H](C)OC(C)(C)C)C(=O)N[C@@H](CSC(c1ccccc1)(c1ccccc1)c1ccccc1)C(=O)N[C@H](C(=O)N[C@@H](C)C(=O)N[C@@H](COC(C)(C)C)C(=O)O)[C@@H](C)OC(C)(C)C. The Balaban J connectivity index is 1.15. The van der Waals surface area contributed by atoms with Crippen molar-refractivity contribution in [2.45, 2.75) is 289 Å². The van der Waals surface area contributed by atoms with Crippen molar-refractivity contribution in [3.05, 3.63) is 203 Å². The molecule has 14 atom stereocenters. The lowest BCUT2D eigenvalue weighted by molar-refractivity contribution is -0.146. The summed E-state index contributed by atoms with van der Waals surface area (Å²) in [6, 6.07) is 38.2. The molecule has 0 radical (unpaired) electrons. The molecule has 0 spiro atoms. The molecule has 11 amide bonds. The molecule has 0 heterocycles. The second-order valence-electron chi connectivity index (χ2n) is 38.5. The summed E-state index contributed by atoms with van der Waals surface area (Å²) >= 11 is 1.31. The maximum Gasteiger partial charge on any atom is 0.407 e. The molecule has 0 aromatic heterocycles. The van der Waals surface area contributed by atoms with Gasteiger partial charge in [0, 0.05) is 18.1 Å². The molecule has 0 saturated carbocycles. The molecule has 131 heavy (non-hydrogen) atoms. The number of aliphatic carboxylic acids is 1. The highest BCUT2D eigenvalue weighted by Gasteiger charge is 2.45. The molecule has 31 heteroatoms. The number of rotatable bonds is 45. The molecule has 12 N–H and O–H groups in total. The Kier molecular flexibility index (Phi) is 39.0. The minimum Gasteiger partial charge on any atom is -0.480 e. The van der Waals surface area contributed by atoms with Crippen LogP contribution < -0.4 is 58.5 Å². The molecular formula is C100H139N11O19S. The summed E-state index contributed by atoms with van der Waals surface area (Å²) < 4.78 is 35.6. The lowest BCUT2D eigenvalue weighted by Crippen LogP contribution is -2.63. The molecule has 7 rings (SSSR count). The van der Waals surface area contributed by atoms with E-state index in [1.165, 1.54) is 25.6 Å². The third-order valence-corrected chi connectivity index (χ3v) is 23.1. The number of ether oxygens (including phenoxy) is 6. The molecular weight excluding hydrogens is 1690 g/mol. The van der Waals surface area contributed by atoms with Crippen molar-refractivity contribution in [2.75, 3.05) is 32.1 Å². The van der Waals surface area contributed by atoms with Crippen molar-refractivity contribution in [3.8, 4) is 11.1 Å². The molecule has 714 valence electrons. The topological polar surface area (TPSA) is 413 Å². The molecule has 6 aromatic carbocycles. The van der Waals surface area contributed by atoms with Gasteiger partial charge in [0.25, 0.3) is 0 Å². The highest BCUT2D eigenvalue weighted by molar-refractivity contribution is 8.00. The van der Waals surface area contributed by atoms with Crippen molar-refractivity contribution < 1.29 is 91.1 Å². The van der Waals surface area contributed by atoms with Gasteiger partial charge in [0.05, 0.1) is 70.8 Å². The summed E-state index contributed by atoms with van der Waals surface area (Å²) in [5.41, 5.74) is 2.62. The van der Waals surface area contributed by atoms with E-state index in [1.807, 2.05) is 140 Å². The lowest BCUT2D eigenvalue weighted by atomic mass is 9.84. The number of carboxylic acids is 1. The Bertz CT molecular complexity index is 4680. The third kappa shape index (κ3) is 33.0. The Labute approximate surface area is 776 Å². The van der Waals surface area contributed by atoms with E-state index in [0.717, 1.165) is 38.9 Å². The number of alkyl carbamates (subject to hydrolysis) is 1. The molecule has 0 aliphatic heterocycles. The molecule has 0 saturated heterocycles. The molecule has 30 nitrogen and oxygen atoms in total. The summed E-state index contributed by atoms with van der Waals surface area (Å²) in [7, 11) is 0. The molecule has 0 bridgehead atoms. The number of thioether (sulfide) groups is 1. The van der Waals surface area contributed by atoms with Crippen LogP contribution in [0, 0.1) is 11.8 Å². The van der Waals surface area contributed by atoms with Gasteiger partial charge in [0.1, 0.15) is 61.0 Å². The maximum absolute atomic E-state index is 15.7. The molecule has 1 aliphatic rings. The van der Waals surface area contributed by atoms with Gasteiger partial charge in [-0.2, -0.15) is 0 Å². The fourth-order valence-electron chi connectivity index (χ4n) is 15.0. The van der Waals surface area contributed by atoms with E-state index in [-0.39, 0.29) is 31.1 Å². The van der Waals surface area contributed by atoms with E-state index in [1.54, 1.807) is 176 Å². The van der Waals surface area contributed by atoms with Crippen molar-refractivity contribution >= 4 is 82.9 Å². The maximum atomic E-state index is 15.7. The van der Waals surface area contributed by atoms with Crippen LogP contribution in [-0.2, 0) is 92.3 Å². The summed E-state index contributed by atoms with van der Waals surface area (Å²) in [6.07, 6.45) is -4.06. The largest absolute Gasteiger partial charge is 0.480 e. The van der Waals surface area contributed by atoms with Gasteiger partial charge < -0.3 is 92.0 Å². The number of carboxylic acid groups (broad SMARTS) is 1. The van der Waals surface area contributed by atoms with Gasteiger partial charge in [0.15, 0.2) is 6.04 Å². The van der Waals surface area contributed by atoms with E-state index in [0.29, 0.717) is 5.56 Å². The number of hydrogen-bond acceptors (Lipinski definition) is 19. The number of carbonyl (C=O) groups is 12. The Morgan fingerprint density at radius 2 is 0.740 bits per heavy atom. The first-order valence-corrected chi connectivity index (χ1v) is 45.8. The number of benzene rings is 6. The van der Waals surface area contributed by atoms with Crippen LogP contribution in [0.5, 0.6) is 0 Å². The molecule has 0 unspecified atom stereocenters. The standard InChI is InChI=1S/C100H139N11O19S/c1-24-60(4)80(89(118)106-77(58-131-100(66-43-31-26-32-44-66,67-45-33-27-34-46-67)68-47-35-28-36-48-68)87(116)110-81(62(6)128-97(15,16)17)90(119)102-61(5)84(113)105-76(93(122)123)57-127-96(12,13)14)107-78(112)54-101-85(114)75(56-126-95(9,10)11)104-91(120)82(63(7)129-98(18,19)20)109-86(115)74(53-65-41-29-25-30-42-65)103-88(117)79(59(2)3)108-92(121)83(64(8)130-99(21,22)23)111-94(124)125-55-73-71-51-39-37-49-69(71)70-50-38-40-52-72(70)73/h25-52,59-64,73-77,79-83H,24,53-58H2,1-23H3,(H,101,114)(H,102,119)(H,103,117)(H,104,120)(H,105,113)(H,106,118)(H,107,112)(H,108,121)(H,109,115)(H,110,116)(H,111,124)(H,122,123)/t60-,61-,62+,63+,64+,74-,75-,76-,77-,79-,80-,81-,82-,83-/m0/s1. The number of hydrogen-bond donors (Lipinski definition) is 12. The molecule has 1 aliphatic carbocycles. The van der Waals surface area contributed by atoms with E-state index in [2.05, 4.69) is 58.5 Å². The predicted octanol–water partition coefficient (Wildman–Crippen LogP) is 10.4. The van der Waals surface area contributed by atoms with Crippen LogP contribution >= 0.6 is 11.8 Å². The van der Waals surface area contributed by atoms with Crippen LogP contribution in [-0.4, -0.2) is 215 Å². The summed E-state index contributed by atoms with van der Waals surface area (Å²) in [4.78, 5) is 176. The van der Waals surface area contributed by atoms with Gasteiger partial charge in [-0.1, -0.05) is 204 Å². The second-order valence-corrected chi connectivity index (χ2v) is 39.8. The first kappa shape index (κ1) is 107. The molecule has 0 fully saturated rings. The highest BCUT2D eigenvalue weighted by atomic mass is 32.2. The van der Waals surface area contributed by atoms with Gasteiger partial charge in [0.2, 0.25) is 59.1 Å². The predicted molar refractivity (Wildman–Crippen MR) is 504 cm³/mol. The summed E-state index contributed by atoms with van der Waals surface area (Å²) in [5, 5.41) is 40.1. The Hall–Kier alpha value is -11.1. The van der Waals surface area contributed by atoms with E-state index >= 15 is 24.0 Å². The van der Waals surface area contributed by atoms with Crippen molar-refractivity contribution in [3.63, 3.8) is 0 Å². The van der Waals surface area contributed by atoms with Crippen LogP contribution in [0.25, 0.3) is 11.1 Å². The first-order valence-electron chi connectivity index (χ1n) is 44.8. The number of fused-ring (bicyclic) bond motifs is 3. The number of amides is 11. The monoisotopic (exact) mass is 1830 g/mol. The van der Waals surface area contributed by atoms with Gasteiger partial charge in [-0.05, 0) is 188 Å². The fourth-order valence-corrected chi connectivity index (χ4v) is 16.6. The van der Waals surface area contributed by atoms with Crippen LogP contribution in [0.3, 0.4) is 0 Å². The summed E-state index contributed by atoms with van der Waals surface area (Å²) in [5.74, 6) is -12.0.